The van der Waals surface area contributed by atoms with Gasteiger partial charge in [0.1, 0.15) is 17.5 Å². The summed E-state index contributed by atoms with van der Waals surface area (Å²) in [6.45, 7) is 14.4. The van der Waals surface area contributed by atoms with Crippen LogP contribution in [0.4, 0.5) is 0 Å². The molecule has 0 aliphatic heterocycles. The fourth-order valence-corrected chi connectivity index (χ4v) is 5.79. The maximum atomic E-state index is 12.6. The molecule has 3 aromatic carbocycles. The summed E-state index contributed by atoms with van der Waals surface area (Å²) in [5.41, 5.74) is 6.14. The number of aromatic hydroxyl groups is 1. The number of phenolic OH excluding ortho intramolecular Hbond substituents is 1. The van der Waals surface area contributed by atoms with Crippen LogP contribution in [0.2, 0.25) is 0 Å². The van der Waals surface area contributed by atoms with E-state index in [2.05, 4.69) is 77.2 Å². The highest BCUT2D eigenvalue weighted by Gasteiger charge is 2.32. The topological polar surface area (TPSA) is 116 Å². The molecule has 0 saturated carbocycles. The first-order chi connectivity index (χ1) is 20.7. The first-order valence-electron chi connectivity index (χ1n) is 15.5. The summed E-state index contributed by atoms with van der Waals surface area (Å²) in [5.74, 6) is -1.01. The van der Waals surface area contributed by atoms with E-state index in [1.165, 1.54) is 34.4 Å². The van der Waals surface area contributed by atoms with Crippen LogP contribution in [0.3, 0.4) is 0 Å². The molecule has 0 bridgehead atoms. The van der Waals surface area contributed by atoms with Crippen molar-refractivity contribution in [3.05, 3.63) is 94.0 Å². The number of carboxylic acid groups (broad SMARTS) is 1. The van der Waals surface area contributed by atoms with Gasteiger partial charge in [-0.2, -0.15) is 0 Å². The third kappa shape index (κ3) is 8.63. The number of aliphatic hydroxyl groups is 1. The number of hydrogen-bond acceptors (Lipinski definition) is 5. The van der Waals surface area contributed by atoms with Gasteiger partial charge in [0.2, 0.25) is 0 Å². The number of aliphatic hydroxyl groups excluding tert-OH is 1. The Labute approximate surface area is 262 Å². The van der Waals surface area contributed by atoms with Crippen LogP contribution in [0.1, 0.15) is 87.3 Å². The number of aryl methyl sites for hydroxylation is 3. The third-order valence-corrected chi connectivity index (χ3v) is 8.88. The van der Waals surface area contributed by atoms with Gasteiger partial charge in [0.25, 0.3) is 5.91 Å². The molecule has 0 aliphatic rings. The second-order valence-corrected chi connectivity index (χ2v) is 12.9. The van der Waals surface area contributed by atoms with Crippen molar-refractivity contribution in [3.8, 4) is 11.5 Å². The van der Waals surface area contributed by atoms with Crippen molar-refractivity contribution in [2.45, 2.75) is 98.1 Å². The molecule has 0 spiro atoms. The quantitative estimate of drug-likeness (QED) is 0.164. The van der Waals surface area contributed by atoms with Crippen molar-refractivity contribution in [1.29, 1.82) is 0 Å². The van der Waals surface area contributed by atoms with Crippen LogP contribution in [0, 0.1) is 19.3 Å². The lowest BCUT2D eigenvalue weighted by molar-refractivity contribution is -0.142. The zero-order valence-corrected chi connectivity index (χ0v) is 27.2. The SMILES string of the molecule is CCC(CC)(c1ccc(CCC(O)C(C)(C)C)c(C)c1)c1ccc(OCC(=O)N[C@H](Cc2ccc(O)cc2)C(=O)O)c(C)c1. The molecule has 0 aromatic heterocycles. The fraction of sp³-hybridized carbons (Fsp3) is 0.459. The lowest BCUT2D eigenvalue weighted by atomic mass is 9.69. The molecule has 4 N–H and O–H groups in total. The van der Waals surface area contributed by atoms with Crippen LogP contribution in [0.15, 0.2) is 60.7 Å². The van der Waals surface area contributed by atoms with Crippen molar-refractivity contribution in [2.75, 3.05) is 6.61 Å². The Morgan fingerprint density at radius 2 is 1.48 bits per heavy atom. The third-order valence-electron chi connectivity index (χ3n) is 8.88. The second kappa shape index (κ2) is 14.8. The summed E-state index contributed by atoms with van der Waals surface area (Å²) in [7, 11) is 0. The number of amides is 1. The van der Waals surface area contributed by atoms with Gasteiger partial charge < -0.3 is 25.4 Å². The summed E-state index contributed by atoms with van der Waals surface area (Å²) in [6, 6.07) is 17.9. The molecule has 0 heterocycles. The van der Waals surface area contributed by atoms with Gasteiger partial charge in [0, 0.05) is 11.8 Å². The van der Waals surface area contributed by atoms with E-state index in [1.807, 2.05) is 13.0 Å². The van der Waals surface area contributed by atoms with Crippen molar-refractivity contribution in [1.82, 2.24) is 5.32 Å². The Bertz CT molecular complexity index is 1420. The van der Waals surface area contributed by atoms with E-state index >= 15 is 0 Å². The van der Waals surface area contributed by atoms with Gasteiger partial charge in [0.05, 0.1) is 6.10 Å². The summed E-state index contributed by atoms with van der Waals surface area (Å²) in [5, 5.41) is 32.1. The maximum Gasteiger partial charge on any atom is 0.326 e. The van der Waals surface area contributed by atoms with Gasteiger partial charge >= 0.3 is 5.97 Å². The lowest BCUT2D eigenvalue weighted by Gasteiger charge is -2.34. The van der Waals surface area contributed by atoms with Gasteiger partial charge in [-0.05, 0) is 96.5 Å². The summed E-state index contributed by atoms with van der Waals surface area (Å²) in [6.07, 6.45) is 3.11. The lowest BCUT2D eigenvalue weighted by Crippen LogP contribution is -2.44. The zero-order chi connectivity index (χ0) is 32.7. The summed E-state index contributed by atoms with van der Waals surface area (Å²) in [4.78, 5) is 24.4. The number of rotatable bonds is 14. The highest BCUT2D eigenvalue weighted by Crippen LogP contribution is 2.41. The molecule has 1 unspecified atom stereocenters. The smallest absolute Gasteiger partial charge is 0.326 e. The van der Waals surface area contributed by atoms with Gasteiger partial charge in [0.15, 0.2) is 6.61 Å². The minimum atomic E-state index is -1.15. The molecule has 3 aromatic rings. The van der Waals surface area contributed by atoms with Crippen molar-refractivity contribution >= 4 is 11.9 Å². The number of aliphatic carboxylic acids is 1. The Balaban J connectivity index is 1.71. The predicted octanol–water partition coefficient (Wildman–Crippen LogP) is 6.65. The maximum absolute atomic E-state index is 12.6. The standard InChI is InChI=1S/C37H49NO6/c1-8-37(9-2,28-14-12-27(24(3)20-28)13-19-33(40)36(5,6)7)29-15-18-32(25(4)21-29)44-23-34(41)38-31(35(42)43)22-26-10-16-30(39)17-11-26/h10-12,14-18,20-21,31,33,39-40H,8-9,13,19,22-23H2,1-7H3,(H,38,41)(H,42,43)/t31-,33?/m1/s1. The largest absolute Gasteiger partial charge is 0.508 e. The number of ether oxygens (including phenoxy) is 1. The molecule has 0 aliphatic carbocycles. The highest BCUT2D eigenvalue weighted by atomic mass is 16.5. The molecule has 7 heteroatoms. The molecule has 3 rings (SSSR count). The number of nitrogens with one attached hydrogen (secondary N) is 1. The number of carbonyl (C=O) groups is 2. The van der Waals surface area contributed by atoms with Gasteiger partial charge in [-0.15, -0.1) is 0 Å². The Hall–Kier alpha value is -3.84. The van der Waals surface area contributed by atoms with Crippen LogP contribution in [0.5, 0.6) is 11.5 Å². The van der Waals surface area contributed by atoms with Crippen LogP contribution in [-0.4, -0.2) is 45.9 Å². The highest BCUT2D eigenvalue weighted by molar-refractivity contribution is 5.84. The van der Waals surface area contributed by atoms with Crippen molar-refractivity contribution in [2.24, 2.45) is 5.41 Å². The number of hydrogen-bond donors (Lipinski definition) is 4. The fourth-order valence-electron chi connectivity index (χ4n) is 5.79. The number of phenols is 1. The van der Waals surface area contributed by atoms with Crippen LogP contribution in [0.25, 0.3) is 0 Å². The number of carboxylic acids is 1. The van der Waals surface area contributed by atoms with Crippen LogP contribution < -0.4 is 10.1 Å². The van der Waals surface area contributed by atoms with Crippen LogP contribution in [-0.2, 0) is 27.8 Å². The minimum Gasteiger partial charge on any atom is -0.508 e. The average Bonchev–Trinajstić information content (AvgIpc) is 2.97. The molecule has 0 radical (unpaired) electrons. The Morgan fingerprint density at radius 1 is 0.886 bits per heavy atom. The van der Waals surface area contributed by atoms with E-state index < -0.39 is 17.9 Å². The molecule has 0 fully saturated rings. The monoisotopic (exact) mass is 603 g/mol. The molecular formula is C37H49NO6. The summed E-state index contributed by atoms with van der Waals surface area (Å²) < 4.78 is 5.83. The van der Waals surface area contributed by atoms with Gasteiger partial charge in [-0.25, -0.2) is 4.79 Å². The average molecular weight is 604 g/mol. The first kappa shape index (κ1) is 34.6. The molecule has 1 amide bonds. The predicted molar refractivity (Wildman–Crippen MR) is 174 cm³/mol. The molecular weight excluding hydrogens is 554 g/mol. The van der Waals surface area contributed by atoms with E-state index in [-0.39, 0.29) is 35.7 Å². The molecule has 238 valence electrons. The van der Waals surface area contributed by atoms with E-state index in [0.717, 1.165) is 31.2 Å². The van der Waals surface area contributed by atoms with Crippen molar-refractivity contribution in [3.63, 3.8) is 0 Å². The van der Waals surface area contributed by atoms with Gasteiger partial charge in [-0.1, -0.05) is 77.1 Å². The van der Waals surface area contributed by atoms with E-state index in [9.17, 15) is 24.9 Å². The minimum absolute atomic E-state index is 0.0878. The Morgan fingerprint density at radius 3 is 2.00 bits per heavy atom. The van der Waals surface area contributed by atoms with E-state index in [1.54, 1.807) is 12.1 Å². The molecule has 7 nitrogen and oxygen atoms in total. The Kier molecular flexibility index (Phi) is 11.6. The van der Waals surface area contributed by atoms with Crippen LogP contribution >= 0.6 is 0 Å². The normalized spacial score (nSPS) is 13.3. The summed E-state index contributed by atoms with van der Waals surface area (Å²) >= 11 is 0. The molecule has 44 heavy (non-hydrogen) atoms. The number of benzene rings is 3. The van der Waals surface area contributed by atoms with Crippen molar-refractivity contribution < 1.29 is 29.6 Å². The number of carbonyl (C=O) groups excluding carboxylic acids is 1. The first-order valence-corrected chi connectivity index (χ1v) is 15.5. The zero-order valence-electron chi connectivity index (χ0n) is 27.2. The van der Waals surface area contributed by atoms with E-state index in [0.29, 0.717) is 11.3 Å². The molecule has 0 saturated heterocycles. The van der Waals surface area contributed by atoms with Gasteiger partial charge in [-0.3, -0.25) is 4.79 Å². The van der Waals surface area contributed by atoms with E-state index in [4.69, 9.17) is 4.74 Å². The molecule has 2 atom stereocenters. The second-order valence-electron chi connectivity index (χ2n) is 12.9.